The van der Waals surface area contributed by atoms with E-state index in [0.29, 0.717) is 19.4 Å². The van der Waals surface area contributed by atoms with Gasteiger partial charge in [0.15, 0.2) is 5.60 Å². The SMILES string of the molecule is CCOC(=O)C1(CCCCCC(=O)OC)OC1C. The summed E-state index contributed by atoms with van der Waals surface area (Å²) in [6.07, 6.45) is 3.54. The first-order valence-corrected chi connectivity index (χ1v) is 6.48. The van der Waals surface area contributed by atoms with Gasteiger partial charge in [-0.15, -0.1) is 0 Å². The number of carbonyl (C=O) groups is 2. The summed E-state index contributed by atoms with van der Waals surface area (Å²) in [6, 6.07) is 0. The van der Waals surface area contributed by atoms with Gasteiger partial charge in [-0.05, 0) is 33.1 Å². The monoisotopic (exact) mass is 258 g/mol. The van der Waals surface area contributed by atoms with E-state index in [4.69, 9.17) is 9.47 Å². The molecule has 0 aromatic rings. The van der Waals surface area contributed by atoms with Crippen molar-refractivity contribution < 1.29 is 23.8 Å². The molecular formula is C13H22O5. The topological polar surface area (TPSA) is 65.1 Å². The number of epoxide rings is 1. The van der Waals surface area contributed by atoms with Gasteiger partial charge < -0.3 is 14.2 Å². The maximum atomic E-state index is 11.7. The Balaban J connectivity index is 2.21. The van der Waals surface area contributed by atoms with Crippen molar-refractivity contribution in [2.45, 2.75) is 57.7 Å². The van der Waals surface area contributed by atoms with Gasteiger partial charge in [-0.25, -0.2) is 4.79 Å². The molecule has 0 N–H and O–H groups in total. The average Bonchev–Trinajstić information content (AvgIpc) is 3.01. The number of carbonyl (C=O) groups excluding carboxylic acids is 2. The Hall–Kier alpha value is -1.10. The summed E-state index contributed by atoms with van der Waals surface area (Å²) >= 11 is 0. The molecule has 2 atom stereocenters. The van der Waals surface area contributed by atoms with Gasteiger partial charge in [0, 0.05) is 6.42 Å². The maximum absolute atomic E-state index is 11.7. The summed E-state index contributed by atoms with van der Waals surface area (Å²) in [5.74, 6) is -0.448. The van der Waals surface area contributed by atoms with Gasteiger partial charge in [0.1, 0.15) is 0 Å². The van der Waals surface area contributed by atoms with Gasteiger partial charge >= 0.3 is 11.9 Å². The van der Waals surface area contributed by atoms with Crippen molar-refractivity contribution in [3.05, 3.63) is 0 Å². The van der Waals surface area contributed by atoms with E-state index in [0.717, 1.165) is 19.3 Å². The zero-order valence-corrected chi connectivity index (χ0v) is 11.4. The number of methoxy groups -OCH3 is 1. The summed E-state index contributed by atoms with van der Waals surface area (Å²) in [6.45, 7) is 4.04. The van der Waals surface area contributed by atoms with Gasteiger partial charge in [-0.1, -0.05) is 6.42 Å². The van der Waals surface area contributed by atoms with Crippen LogP contribution in [0.1, 0.15) is 46.0 Å². The van der Waals surface area contributed by atoms with Crippen molar-refractivity contribution in [1.29, 1.82) is 0 Å². The number of rotatable bonds is 8. The third-order valence-corrected chi connectivity index (χ3v) is 3.26. The highest BCUT2D eigenvalue weighted by molar-refractivity contribution is 5.83. The van der Waals surface area contributed by atoms with Crippen LogP contribution in [-0.2, 0) is 23.8 Å². The molecule has 18 heavy (non-hydrogen) atoms. The van der Waals surface area contributed by atoms with Crippen LogP contribution in [0.15, 0.2) is 0 Å². The standard InChI is InChI=1S/C13H22O5/c1-4-17-12(15)13(10(2)18-13)9-7-5-6-8-11(14)16-3/h10H,4-9H2,1-3H3. The highest BCUT2D eigenvalue weighted by Crippen LogP contribution is 2.42. The van der Waals surface area contributed by atoms with E-state index in [9.17, 15) is 9.59 Å². The van der Waals surface area contributed by atoms with Crippen LogP contribution in [0.5, 0.6) is 0 Å². The lowest BCUT2D eigenvalue weighted by atomic mass is 9.98. The molecule has 0 bridgehead atoms. The third kappa shape index (κ3) is 3.70. The number of esters is 2. The minimum atomic E-state index is -0.721. The molecule has 2 unspecified atom stereocenters. The number of ether oxygens (including phenoxy) is 3. The predicted molar refractivity (Wildman–Crippen MR) is 65.0 cm³/mol. The van der Waals surface area contributed by atoms with Gasteiger partial charge in [-0.2, -0.15) is 0 Å². The minimum Gasteiger partial charge on any atom is -0.469 e. The average molecular weight is 258 g/mol. The largest absolute Gasteiger partial charge is 0.469 e. The van der Waals surface area contributed by atoms with Crippen LogP contribution >= 0.6 is 0 Å². The summed E-state index contributed by atoms with van der Waals surface area (Å²) in [5.41, 5.74) is -0.721. The Kier molecular flexibility index (Phi) is 5.59. The van der Waals surface area contributed by atoms with Crippen LogP contribution in [0.25, 0.3) is 0 Å². The highest BCUT2D eigenvalue weighted by atomic mass is 16.7. The Labute approximate surface area is 108 Å². The van der Waals surface area contributed by atoms with E-state index in [1.807, 2.05) is 6.92 Å². The number of hydrogen-bond donors (Lipinski definition) is 0. The molecule has 1 rings (SSSR count). The van der Waals surface area contributed by atoms with Crippen molar-refractivity contribution in [3.63, 3.8) is 0 Å². The van der Waals surface area contributed by atoms with Crippen molar-refractivity contribution in [3.8, 4) is 0 Å². The predicted octanol–water partition coefficient (Wildman–Crippen LogP) is 1.83. The van der Waals surface area contributed by atoms with Crippen LogP contribution in [0.2, 0.25) is 0 Å². The molecule has 1 aliphatic heterocycles. The Bertz CT molecular complexity index is 302. The van der Waals surface area contributed by atoms with Crippen LogP contribution in [0.4, 0.5) is 0 Å². The summed E-state index contributed by atoms with van der Waals surface area (Å²) in [5, 5.41) is 0. The Morgan fingerprint density at radius 1 is 1.28 bits per heavy atom. The van der Waals surface area contributed by atoms with Crippen LogP contribution in [0.3, 0.4) is 0 Å². The molecule has 5 heteroatoms. The Morgan fingerprint density at radius 3 is 2.44 bits per heavy atom. The molecule has 0 aromatic heterocycles. The second-order valence-electron chi connectivity index (χ2n) is 4.51. The molecule has 0 aliphatic carbocycles. The van der Waals surface area contributed by atoms with Crippen LogP contribution in [-0.4, -0.2) is 37.4 Å². The molecule has 0 amide bonds. The summed E-state index contributed by atoms with van der Waals surface area (Å²) < 4.78 is 15.0. The van der Waals surface area contributed by atoms with E-state index < -0.39 is 5.60 Å². The van der Waals surface area contributed by atoms with Gasteiger partial charge in [0.25, 0.3) is 0 Å². The molecule has 1 aliphatic rings. The molecular weight excluding hydrogens is 236 g/mol. The van der Waals surface area contributed by atoms with Crippen LogP contribution < -0.4 is 0 Å². The molecule has 0 spiro atoms. The lowest BCUT2D eigenvalue weighted by Gasteiger charge is -2.11. The first kappa shape index (κ1) is 15.0. The van der Waals surface area contributed by atoms with E-state index >= 15 is 0 Å². The maximum Gasteiger partial charge on any atom is 0.341 e. The van der Waals surface area contributed by atoms with E-state index in [1.54, 1.807) is 6.92 Å². The van der Waals surface area contributed by atoms with E-state index in [-0.39, 0.29) is 18.0 Å². The van der Waals surface area contributed by atoms with Gasteiger partial charge in [0.05, 0.1) is 19.8 Å². The fourth-order valence-corrected chi connectivity index (χ4v) is 2.05. The molecule has 1 saturated heterocycles. The lowest BCUT2D eigenvalue weighted by Crippen LogP contribution is -2.29. The summed E-state index contributed by atoms with van der Waals surface area (Å²) in [7, 11) is 1.39. The quantitative estimate of drug-likeness (QED) is 0.377. The first-order valence-electron chi connectivity index (χ1n) is 6.48. The van der Waals surface area contributed by atoms with E-state index in [1.165, 1.54) is 7.11 Å². The lowest BCUT2D eigenvalue weighted by molar-refractivity contribution is -0.150. The molecule has 1 heterocycles. The second kappa shape index (κ2) is 6.73. The van der Waals surface area contributed by atoms with Crippen LogP contribution in [0, 0.1) is 0 Å². The fraction of sp³-hybridized carbons (Fsp3) is 0.846. The fourth-order valence-electron chi connectivity index (χ4n) is 2.05. The number of hydrogen-bond acceptors (Lipinski definition) is 5. The van der Waals surface area contributed by atoms with Crippen molar-refractivity contribution in [2.75, 3.05) is 13.7 Å². The molecule has 0 radical (unpaired) electrons. The summed E-state index contributed by atoms with van der Waals surface area (Å²) in [4.78, 5) is 22.6. The van der Waals surface area contributed by atoms with Crippen molar-refractivity contribution >= 4 is 11.9 Å². The van der Waals surface area contributed by atoms with Crippen molar-refractivity contribution in [2.24, 2.45) is 0 Å². The highest BCUT2D eigenvalue weighted by Gasteiger charge is 2.60. The second-order valence-corrected chi connectivity index (χ2v) is 4.51. The molecule has 5 nitrogen and oxygen atoms in total. The van der Waals surface area contributed by atoms with E-state index in [2.05, 4.69) is 4.74 Å². The smallest absolute Gasteiger partial charge is 0.341 e. The third-order valence-electron chi connectivity index (χ3n) is 3.26. The normalized spacial score (nSPS) is 25.6. The zero-order chi connectivity index (χ0) is 13.6. The molecule has 104 valence electrons. The van der Waals surface area contributed by atoms with Gasteiger partial charge in [-0.3, -0.25) is 4.79 Å². The van der Waals surface area contributed by atoms with Crippen molar-refractivity contribution in [1.82, 2.24) is 0 Å². The minimum absolute atomic E-state index is 0.0582. The molecule has 0 aromatic carbocycles. The molecule has 1 fully saturated rings. The zero-order valence-electron chi connectivity index (χ0n) is 11.4. The first-order chi connectivity index (χ1) is 8.56. The molecule has 0 saturated carbocycles. The number of unbranched alkanes of at least 4 members (excludes halogenated alkanes) is 2. The Morgan fingerprint density at radius 2 is 1.94 bits per heavy atom. The van der Waals surface area contributed by atoms with Gasteiger partial charge in [0.2, 0.25) is 0 Å².